The van der Waals surface area contributed by atoms with Crippen LogP contribution in [0.5, 0.6) is 5.75 Å². The molecule has 0 aliphatic heterocycles. The van der Waals surface area contributed by atoms with E-state index in [1.165, 1.54) is 0 Å². The van der Waals surface area contributed by atoms with Crippen LogP contribution in [0.15, 0.2) is 54.6 Å². The highest BCUT2D eigenvalue weighted by Crippen LogP contribution is 2.22. The molecular weight excluding hydrogens is 302 g/mol. The van der Waals surface area contributed by atoms with Crippen molar-refractivity contribution in [2.75, 3.05) is 11.9 Å². The Balaban J connectivity index is 1.75. The van der Waals surface area contributed by atoms with Gasteiger partial charge in [0.1, 0.15) is 11.4 Å². The van der Waals surface area contributed by atoms with E-state index >= 15 is 0 Å². The molecule has 0 saturated carbocycles. The highest BCUT2D eigenvalue weighted by molar-refractivity contribution is 6.03. The number of carbonyl (C=O) groups is 1. The third-order valence-electron chi connectivity index (χ3n) is 3.68. The van der Waals surface area contributed by atoms with E-state index in [0.29, 0.717) is 18.0 Å². The fourth-order valence-corrected chi connectivity index (χ4v) is 2.38. The van der Waals surface area contributed by atoms with Crippen LogP contribution in [0.2, 0.25) is 0 Å². The van der Waals surface area contributed by atoms with Gasteiger partial charge in [-0.15, -0.1) is 0 Å². The number of carbonyl (C=O) groups excluding carboxylic acids is 1. The third-order valence-corrected chi connectivity index (χ3v) is 3.68. The quantitative estimate of drug-likeness (QED) is 0.745. The zero-order chi connectivity index (χ0) is 16.9. The van der Waals surface area contributed by atoms with Crippen LogP contribution in [-0.4, -0.2) is 22.7 Å². The Bertz CT molecular complexity index is 838. The number of aromatic amines is 1. The molecule has 2 N–H and O–H groups in total. The molecule has 3 aromatic rings. The highest BCUT2D eigenvalue weighted by atomic mass is 16.5. The lowest BCUT2D eigenvalue weighted by Crippen LogP contribution is -2.13. The lowest BCUT2D eigenvalue weighted by molar-refractivity contribution is 0.102. The molecular formula is C19H19N3O2. The fourth-order valence-electron chi connectivity index (χ4n) is 2.38. The summed E-state index contributed by atoms with van der Waals surface area (Å²) in [7, 11) is 0. The molecule has 0 bridgehead atoms. The maximum atomic E-state index is 12.3. The van der Waals surface area contributed by atoms with Crippen molar-refractivity contribution in [2.45, 2.75) is 13.8 Å². The second-order valence-corrected chi connectivity index (χ2v) is 5.39. The Morgan fingerprint density at radius 2 is 1.92 bits per heavy atom. The van der Waals surface area contributed by atoms with Gasteiger partial charge >= 0.3 is 0 Å². The van der Waals surface area contributed by atoms with E-state index in [1.54, 1.807) is 6.07 Å². The number of anilines is 1. The molecule has 122 valence electrons. The summed E-state index contributed by atoms with van der Waals surface area (Å²) in [5.74, 6) is 0.600. The fraction of sp³-hybridized carbons (Fsp3) is 0.158. The molecule has 0 fully saturated rings. The van der Waals surface area contributed by atoms with Crippen LogP contribution < -0.4 is 10.1 Å². The number of nitrogens with one attached hydrogen (secondary N) is 2. The second-order valence-electron chi connectivity index (χ2n) is 5.39. The van der Waals surface area contributed by atoms with E-state index < -0.39 is 0 Å². The number of benzene rings is 2. The SMILES string of the molecule is CCOc1ccc(-c2cc(C(=O)Nc3ccccc3C)[nH]n2)cc1. The van der Waals surface area contributed by atoms with Crippen LogP contribution >= 0.6 is 0 Å². The number of aromatic nitrogens is 2. The summed E-state index contributed by atoms with van der Waals surface area (Å²) in [6, 6.07) is 17.0. The average Bonchev–Trinajstić information content (AvgIpc) is 3.08. The number of hydrogen-bond acceptors (Lipinski definition) is 3. The van der Waals surface area contributed by atoms with Crippen molar-refractivity contribution < 1.29 is 9.53 Å². The van der Waals surface area contributed by atoms with Crippen LogP contribution in [0.4, 0.5) is 5.69 Å². The zero-order valence-corrected chi connectivity index (χ0v) is 13.7. The molecule has 0 aliphatic rings. The minimum Gasteiger partial charge on any atom is -0.494 e. The first kappa shape index (κ1) is 15.8. The molecule has 5 heteroatoms. The number of aryl methyl sites for hydroxylation is 1. The molecule has 0 aliphatic carbocycles. The van der Waals surface area contributed by atoms with Crippen molar-refractivity contribution in [1.82, 2.24) is 10.2 Å². The predicted octanol–water partition coefficient (Wildman–Crippen LogP) is 4.04. The Morgan fingerprint density at radius 3 is 2.62 bits per heavy atom. The van der Waals surface area contributed by atoms with Gasteiger partial charge in [0.2, 0.25) is 0 Å². The third kappa shape index (κ3) is 3.46. The first-order chi connectivity index (χ1) is 11.7. The van der Waals surface area contributed by atoms with Crippen molar-refractivity contribution in [3.63, 3.8) is 0 Å². The van der Waals surface area contributed by atoms with Crippen LogP contribution in [0.3, 0.4) is 0 Å². The number of hydrogen-bond donors (Lipinski definition) is 2. The molecule has 5 nitrogen and oxygen atoms in total. The molecule has 3 rings (SSSR count). The van der Waals surface area contributed by atoms with Gasteiger partial charge < -0.3 is 10.1 Å². The van der Waals surface area contributed by atoms with E-state index in [1.807, 2.05) is 62.4 Å². The normalized spacial score (nSPS) is 10.4. The summed E-state index contributed by atoms with van der Waals surface area (Å²) in [5.41, 5.74) is 3.86. The van der Waals surface area contributed by atoms with Crippen molar-refractivity contribution >= 4 is 11.6 Å². The predicted molar refractivity (Wildman–Crippen MR) is 94.3 cm³/mol. The van der Waals surface area contributed by atoms with Crippen molar-refractivity contribution in [3.05, 3.63) is 65.9 Å². The standard InChI is InChI=1S/C19H19N3O2/c1-3-24-15-10-8-14(9-11-15)17-12-18(22-21-17)19(23)20-16-7-5-4-6-13(16)2/h4-12H,3H2,1-2H3,(H,20,23)(H,21,22). The maximum absolute atomic E-state index is 12.3. The molecule has 0 spiro atoms. The van der Waals surface area contributed by atoms with Gasteiger partial charge in [0.15, 0.2) is 0 Å². The molecule has 1 heterocycles. The van der Waals surface area contributed by atoms with E-state index in [4.69, 9.17) is 4.74 Å². The minimum absolute atomic E-state index is 0.214. The van der Waals surface area contributed by atoms with Crippen LogP contribution in [0.25, 0.3) is 11.3 Å². The number of ether oxygens (including phenoxy) is 1. The van der Waals surface area contributed by atoms with Gasteiger partial charge in [0, 0.05) is 11.3 Å². The second kappa shape index (κ2) is 7.00. The minimum atomic E-state index is -0.214. The van der Waals surface area contributed by atoms with Crippen LogP contribution in [-0.2, 0) is 0 Å². The summed E-state index contributed by atoms with van der Waals surface area (Å²) in [6.07, 6.45) is 0. The van der Waals surface area contributed by atoms with Gasteiger partial charge in [-0.05, 0) is 55.8 Å². The van der Waals surface area contributed by atoms with Crippen molar-refractivity contribution in [3.8, 4) is 17.0 Å². The molecule has 0 radical (unpaired) electrons. The number of para-hydroxylation sites is 1. The molecule has 1 aromatic heterocycles. The summed E-state index contributed by atoms with van der Waals surface area (Å²) in [5, 5.41) is 9.90. The van der Waals surface area contributed by atoms with E-state index in [2.05, 4.69) is 15.5 Å². The topological polar surface area (TPSA) is 67.0 Å². The molecule has 0 saturated heterocycles. The summed E-state index contributed by atoms with van der Waals surface area (Å²) in [4.78, 5) is 12.3. The molecule has 24 heavy (non-hydrogen) atoms. The monoisotopic (exact) mass is 321 g/mol. The lowest BCUT2D eigenvalue weighted by Gasteiger charge is -2.06. The van der Waals surface area contributed by atoms with E-state index in [-0.39, 0.29) is 5.91 Å². The van der Waals surface area contributed by atoms with Gasteiger partial charge in [-0.25, -0.2) is 0 Å². The Morgan fingerprint density at radius 1 is 1.17 bits per heavy atom. The van der Waals surface area contributed by atoms with E-state index in [0.717, 1.165) is 22.6 Å². The van der Waals surface area contributed by atoms with E-state index in [9.17, 15) is 4.79 Å². The number of nitrogens with zero attached hydrogens (tertiary/aromatic N) is 1. The average molecular weight is 321 g/mol. The van der Waals surface area contributed by atoms with Crippen LogP contribution in [0, 0.1) is 6.92 Å². The van der Waals surface area contributed by atoms with Crippen LogP contribution in [0.1, 0.15) is 23.0 Å². The lowest BCUT2D eigenvalue weighted by atomic mass is 10.1. The van der Waals surface area contributed by atoms with Gasteiger partial charge in [0.25, 0.3) is 5.91 Å². The largest absolute Gasteiger partial charge is 0.494 e. The van der Waals surface area contributed by atoms with Crippen molar-refractivity contribution in [1.29, 1.82) is 0 Å². The smallest absolute Gasteiger partial charge is 0.273 e. The highest BCUT2D eigenvalue weighted by Gasteiger charge is 2.12. The molecule has 0 atom stereocenters. The number of rotatable bonds is 5. The molecule has 0 unspecified atom stereocenters. The summed E-state index contributed by atoms with van der Waals surface area (Å²) < 4.78 is 5.43. The Kier molecular flexibility index (Phi) is 4.61. The molecule has 2 aromatic carbocycles. The zero-order valence-electron chi connectivity index (χ0n) is 13.7. The van der Waals surface area contributed by atoms with Gasteiger partial charge in [-0.2, -0.15) is 5.10 Å². The first-order valence-corrected chi connectivity index (χ1v) is 7.83. The van der Waals surface area contributed by atoms with Gasteiger partial charge in [-0.1, -0.05) is 18.2 Å². The summed E-state index contributed by atoms with van der Waals surface area (Å²) >= 11 is 0. The Hall–Kier alpha value is -3.08. The van der Waals surface area contributed by atoms with Crippen molar-refractivity contribution in [2.24, 2.45) is 0 Å². The number of H-pyrrole nitrogens is 1. The summed E-state index contributed by atoms with van der Waals surface area (Å²) in [6.45, 7) is 4.53. The van der Waals surface area contributed by atoms with Gasteiger partial charge in [0.05, 0.1) is 12.3 Å². The molecule has 1 amide bonds. The maximum Gasteiger partial charge on any atom is 0.273 e. The Labute approximate surface area is 140 Å². The van der Waals surface area contributed by atoms with Gasteiger partial charge in [-0.3, -0.25) is 9.89 Å². The first-order valence-electron chi connectivity index (χ1n) is 7.83. The number of amides is 1.